The number of carbonyl (C=O) groups is 1. The SMILES string of the molecule is CNCCC(Oc1ccc2c(c1)OCC(c1ccccc1)C2=O)c1ccccc1. The van der Waals surface area contributed by atoms with E-state index >= 15 is 0 Å². The van der Waals surface area contributed by atoms with Gasteiger partial charge in [0.25, 0.3) is 0 Å². The van der Waals surface area contributed by atoms with E-state index in [1.165, 1.54) is 0 Å². The zero-order valence-corrected chi connectivity index (χ0v) is 16.5. The highest BCUT2D eigenvalue weighted by atomic mass is 16.5. The van der Waals surface area contributed by atoms with E-state index in [-0.39, 0.29) is 17.8 Å². The first-order chi connectivity index (χ1) is 14.3. The van der Waals surface area contributed by atoms with Crippen LogP contribution < -0.4 is 14.8 Å². The summed E-state index contributed by atoms with van der Waals surface area (Å²) in [5.41, 5.74) is 2.73. The van der Waals surface area contributed by atoms with E-state index in [2.05, 4.69) is 17.4 Å². The van der Waals surface area contributed by atoms with E-state index in [9.17, 15) is 4.79 Å². The van der Waals surface area contributed by atoms with Gasteiger partial charge in [0.1, 0.15) is 24.2 Å². The third-order valence-corrected chi connectivity index (χ3v) is 5.25. The number of hydrogen-bond acceptors (Lipinski definition) is 4. The molecule has 3 aromatic carbocycles. The molecule has 4 rings (SSSR count). The van der Waals surface area contributed by atoms with Crippen molar-refractivity contribution in [3.05, 3.63) is 95.6 Å². The van der Waals surface area contributed by atoms with Crippen LogP contribution in [-0.2, 0) is 0 Å². The molecule has 29 heavy (non-hydrogen) atoms. The first-order valence-corrected chi connectivity index (χ1v) is 9.98. The number of ketones is 1. The van der Waals surface area contributed by atoms with Gasteiger partial charge >= 0.3 is 0 Å². The van der Waals surface area contributed by atoms with Gasteiger partial charge in [-0.15, -0.1) is 0 Å². The largest absolute Gasteiger partial charge is 0.492 e. The fourth-order valence-electron chi connectivity index (χ4n) is 3.67. The number of fused-ring (bicyclic) bond motifs is 1. The third-order valence-electron chi connectivity index (χ3n) is 5.25. The summed E-state index contributed by atoms with van der Waals surface area (Å²) in [4.78, 5) is 13.0. The van der Waals surface area contributed by atoms with Gasteiger partial charge in [0, 0.05) is 12.5 Å². The molecule has 0 saturated carbocycles. The fraction of sp³-hybridized carbons (Fsp3) is 0.240. The van der Waals surface area contributed by atoms with Crippen LogP contribution >= 0.6 is 0 Å². The van der Waals surface area contributed by atoms with Crippen LogP contribution in [0.3, 0.4) is 0 Å². The van der Waals surface area contributed by atoms with Crippen molar-refractivity contribution in [2.24, 2.45) is 0 Å². The van der Waals surface area contributed by atoms with Crippen LogP contribution in [0.25, 0.3) is 0 Å². The van der Waals surface area contributed by atoms with Crippen LogP contribution in [0.1, 0.15) is 39.9 Å². The predicted octanol–water partition coefficient (Wildman–Crippen LogP) is 4.78. The number of Topliss-reactive ketones (excluding diaryl/α,β-unsaturated/α-hetero) is 1. The van der Waals surface area contributed by atoms with Gasteiger partial charge in [0.15, 0.2) is 5.78 Å². The minimum Gasteiger partial charge on any atom is -0.492 e. The molecule has 1 heterocycles. The molecule has 0 amide bonds. The number of rotatable bonds is 7. The predicted molar refractivity (Wildman–Crippen MR) is 114 cm³/mol. The Hall–Kier alpha value is -3.11. The van der Waals surface area contributed by atoms with Crippen LogP contribution in [0.4, 0.5) is 0 Å². The van der Waals surface area contributed by atoms with Crippen molar-refractivity contribution in [2.75, 3.05) is 20.2 Å². The summed E-state index contributed by atoms with van der Waals surface area (Å²) in [5.74, 6) is 1.14. The van der Waals surface area contributed by atoms with E-state index in [1.807, 2.05) is 73.8 Å². The van der Waals surface area contributed by atoms with Crippen molar-refractivity contribution in [2.45, 2.75) is 18.4 Å². The quantitative estimate of drug-likeness (QED) is 0.634. The minimum atomic E-state index is -0.261. The van der Waals surface area contributed by atoms with Gasteiger partial charge in [-0.3, -0.25) is 4.79 Å². The Morgan fingerprint density at radius 1 is 1.03 bits per heavy atom. The van der Waals surface area contributed by atoms with Crippen molar-refractivity contribution in [3.8, 4) is 11.5 Å². The molecule has 148 valence electrons. The first kappa shape index (κ1) is 19.2. The van der Waals surface area contributed by atoms with Gasteiger partial charge in [-0.1, -0.05) is 60.7 Å². The van der Waals surface area contributed by atoms with Crippen molar-refractivity contribution >= 4 is 5.78 Å². The third kappa shape index (κ3) is 4.33. The lowest BCUT2D eigenvalue weighted by atomic mass is 9.89. The molecule has 1 aliphatic heterocycles. The molecular formula is C25H25NO3. The molecule has 2 atom stereocenters. The van der Waals surface area contributed by atoms with Gasteiger partial charge in [-0.05, 0) is 36.9 Å². The normalized spacial score (nSPS) is 16.6. The lowest BCUT2D eigenvalue weighted by Gasteiger charge is -2.26. The van der Waals surface area contributed by atoms with Crippen molar-refractivity contribution in [3.63, 3.8) is 0 Å². The maximum absolute atomic E-state index is 13.0. The monoisotopic (exact) mass is 387 g/mol. The Labute approximate surface area is 171 Å². The van der Waals surface area contributed by atoms with Crippen molar-refractivity contribution < 1.29 is 14.3 Å². The van der Waals surface area contributed by atoms with E-state index in [0.717, 1.165) is 24.1 Å². The average molecular weight is 387 g/mol. The summed E-state index contributed by atoms with van der Waals surface area (Å²) in [6.45, 7) is 1.19. The van der Waals surface area contributed by atoms with Crippen molar-refractivity contribution in [1.82, 2.24) is 5.32 Å². The molecule has 3 aromatic rings. The van der Waals surface area contributed by atoms with Crippen LogP contribution in [0.2, 0.25) is 0 Å². The summed E-state index contributed by atoms with van der Waals surface area (Å²) in [5, 5.41) is 3.18. The maximum atomic E-state index is 13.0. The molecule has 0 bridgehead atoms. The van der Waals surface area contributed by atoms with Gasteiger partial charge in [0.2, 0.25) is 0 Å². The van der Waals surface area contributed by atoms with Crippen molar-refractivity contribution in [1.29, 1.82) is 0 Å². The zero-order chi connectivity index (χ0) is 20.1. The Bertz CT molecular complexity index is 956. The molecule has 4 nitrogen and oxygen atoms in total. The lowest BCUT2D eigenvalue weighted by Crippen LogP contribution is -2.26. The second-order valence-corrected chi connectivity index (χ2v) is 7.21. The van der Waals surface area contributed by atoms with E-state index in [0.29, 0.717) is 23.7 Å². The summed E-state index contributed by atoms with van der Waals surface area (Å²) in [6.07, 6.45) is 0.769. The molecule has 4 heteroatoms. The van der Waals surface area contributed by atoms with Crippen LogP contribution in [-0.4, -0.2) is 26.0 Å². The van der Waals surface area contributed by atoms with E-state index < -0.39 is 0 Å². The highest BCUT2D eigenvalue weighted by molar-refractivity contribution is 6.04. The maximum Gasteiger partial charge on any atom is 0.177 e. The highest BCUT2D eigenvalue weighted by Crippen LogP contribution is 2.36. The summed E-state index contributed by atoms with van der Waals surface area (Å²) in [7, 11) is 1.93. The number of carbonyl (C=O) groups excluding carboxylic acids is 1. The van der Waals surface area contributed by atoms with Gasteiger partial charge in [-0.2, -0.15) is 0 Å². The number of hydrogen-bond donors (Lipinski definition) is 1. The molecule has 0 aliphatic carbocycles. The molecular weight excluding hydrogens is 362 g/mol. The minimum absolute atomic E-state index is 0.0712. The Morgan fingerprint density at radius 2 is 1.76 bits per heavy atom. The summed E-state index contributed by atoms with van der Waals surface area (Å²) >= 11 is 0. The standard InChI is InChI=1S/C25H25NO3/c1-26-15-14-23(19-10-6-3-7-11-19)29-20-12-13-21-24(16-20)28-17-22(25(21)27)18-8-4-2-5-9-18/h2-13,16,22-23,26H,14-15,17H2,1H3. The Balaban J connectivity index is 1.54. The molecule has 2 unspecified atom stereocenters. The number of nitrogens with one attached hydrogen (secondary N) is 1. The smallest absolute Gasteiger partial charge is 0.177 e. The molecule has 0 aromatic heterocycles. The molecule has 0 spiro atoms. The Morgan fingerprint density at radius 3 is 2.48 bits per heavy atom. The fourth-order valence-corrected chi connectivity index (χ4v) is 3.67. The topological polar surface area (TPSA) is 47.6 Å². The molecule has 1 N–H and O–H groups in total. The van der Waals surface area contributed by atoms with Crippen LogP contribution in [0.5, 0.6) is 11.5 Å². The number of benzene rings is 3. The molecule has 1 aliphatic rings. The van der Waals surface area contributed by atoms with Gasteiger partial charge in [0.05, 0.1) is 11.5 Å². The summed E-state index contributed by atoms with van der Waals surface area (Å²) in [6, 6.07) is 25.5. The van der Waals surface area contributed by atoms with Crippen LogP contribution in [0.15, 0.2) is 78.9 Å². The van der Waals surface area contributed by atoms with Crippen LogP contribution in [0, 0.1) is 0 Å². The molecule has 0 fully saturated rings. The molecule has 0 saturated heterocycles. The molecule has 0 radical (unpaired) electrons. The van der Waals surface area contributed by atoms with E-state index in [4.69, 9.17) is 9.47 Å². The average Bonchev–Trinajstić information content (AvgIpc) is 2.78. The summed E-state index contributed by atoms with van der Waals surface area (Å²) < 4.78 is 12.2. The second kappa shape index (κ2) is 8.93. The van der Waals surface area contributed by atoms with Gasteiger partial charge in [-0.25, -0.2) is 0 Å². The lowest BCUT2D eigenvalue weighted by molar-refractivity contribution is 0.0895. The zero-order valence-electron chi connectivity index (χ0n) is 16.5. The van der Waals surface area contributed by atoms with Gasteiger partial charge < -0.3 is 14.8 Å². The second-order valence-electron chi connectivity index (χ2n) is 7.21. The number of ether oxygens (including phenoxy) is 2. The first-order valence-electron chi connectivity index (χ1n) is 9.98. The Kier molecular flexibility index (Phi) is 5.92. The van der Waals surface area contributed by atoms with E-state index in [1.54, 1.807) is 0 Å². The highest BCUT2D eigenvalue weighted by Gasteiger charge is 2.30.